The van der Waals surface area contributed by atoms with Crippen LogP contribution < -0.4 is 0 Å². The van der Waals surface area contributed by atoms with Crippen LogP contribution in [0.4, 0.5) is 0 Å². The van der Waals surface area contributed by atoms with Gasteiger partial charge < -0.3 is 33.8 Å². The summed E-state index contributed by atoms with van der Waals surface area (Å²) in [5.74, 6) is -1.39. The smallest absolute Gasteiger partial charge is 0.462 e. The van der Waals surface area contributed by atoms with Crippen molar-refractivity contribution in [1.29, 1.82) is 0 Å². The molecule has 0 amide bonds. The Kier molecular flexibility index (Phi) is 81.1. The Hall–Kier alpha value is -1.94. The lowest BCUT2D eigenvalue weighted by Crippen LogP contribution is -2.30. The Morgan fingerprint density at radius 1 is 0.248 bits per heavy atom. The number of carbonyl (C=O) groups excluding carboxylic acids is 4. The number of esters is 4. The predicted octanol–water partition coefficient (Wildman–Crippen LogP) is 27.9. The molecule has 0 saturated carbocycles. The zero-order valence-electron chi connectivity index (χ0n) is 71.7. The summed E-state index contributed by atoms with van der Waals surface area (Å²) in [6.07, 6.45) is 78.1. The van der Waals surface area contributed by atoms with Crippen molar-refractivity contribution in [2.75, 3.05) is 39.6 Å². The zero-order chi connectivity index (χ0) is 79.7. The fraction of sp³-hybridized carbons (Fsp3) is 0.956. The van der Waals surface area contributed by atoms with Crippen LogP contribution in [0.2, 0.25) is 0 Å². The molecule has 2 unspecified atom stereocenters. The van der Waals surface area contributed by atoms with Crippen LogP contribution in [0.3, 0.4) is 0 Å². The summed E-state index contributed by atoms with van der Waals surface area (Å²) in [5, 5.41) is 10.7. The summed E-state index contributed by atoms with van der Waals surface area (Å²) in [6, 6.07) is 0. The van der Waals surface area contributed by atoms with E-state index in [1.807, 2.05) is 0 Å². The number of phosphoric ester groups is 2. The van der Waals surface area contributed by atoms with Gasteiger partial charge in [0.05, 0.1) is 26.4 Å². The third kappa shape index (κ3) is 83.8. The van der Waals surface area contributed by atoms with E-state index in [0.29, 0.717) is 31.6 Å². The first-order valence-corrected chi connectivity index (χ1v) is 49.6. The number of aliphatic hydroxyl groups is 1. The van der Waals surface area contributed by atoms with Gasteiger partial charge in [0.1, 0.15) is 19.3 Å². The second kappa shape index (κ2) is 82.6. The van der Waals surface area contributed by atoms with E-state index < -0.39 is 97.5 Å². The van der Waals surface area contributed by atoms with Crippen molar-refractivity contribution in [2.24, 2.45) is 5.92 Å². The van der Waals surface area contributed by atoms with Gasteiger partial charge in [-0.15, -0.1) is 0 Å². The van der Waals surface area contributed by atoms with Gasteiger partial charge in [0.25, 0.3) is 0 Å². The molecule has 3 N–H and O–H groups in total. The quantitative estimate of drug-likeness (QED) is 0.0222. The van der Waals surface area contributed by atoms with Gasteiger partial charge in [-0.1, -0.05) is 439 Å². The monoisotopic (exact) mass is 1590 g/mol. The number of hydrogen-bond acceptors (Lipinski definition) is 15. The van der Waals surface area contributed by atoms with Gasteiger partial charge in [-0.2, -0.15) is 0 Å². The minimum atomic E-state index is -4.97. The topological polar surface area (TPSA) is 237 Å². The van der Waals surface area contributed by atoms with Gasteiger partial charge in [0.2, 0.25) is 0 Å². The Morgan fingerprint density at radius 3 is 0.624 bits per heavy atom. The van der Waals surface area contributed by atoms with Crippen molar-refractivity contribution in [2.45, 2.75) is 509 Å². The minimum absolute atomic E-state index is 0.108. The van der Waals surface area contributed by atoms with Gasteiger partial charge in [0.15, 0.2) is 12.2 Å². The van der Waals surface area contributed by atoms with E-state index in [4.69, 9.17) is 37.0 Å². The first kappa shape index (κ1) is 107. The van der Waals surface area contributed by atoms with E-state index in [1.54, 1.807) is 0 Å². The van der Waals surface area contributed by atoms with Crippen LogP contribution in [0.15, 0.2) is 0 Å². The molecule has 0 aliphatic rings. The lowest BCUT2D eigenvalue weighted by molar-refractivity contribution is -0.161. The summed E-state index contributed by atoms with van der Waals surface area (Å²) in [7, 11) is -9.93. The number of phosphoric acid groups is 2. The van der Waals surface area contributed by atoms with E-state index in [1.165, 1.54) is 308 Å². The standard InChI is InChI=1S/C90H176O17P2/c1-6-9-12-15-18-21-24-27-30-32-34-36-38-40-42-45-47-50-53-58-63-68-73-87(92)100-79-85(106-89(94)76-71-66-60-55-52-49-46-43-41-39-37-35-33-31-28-25-22-19-16-13-10-7-2)81-104-108(96,97)102-77-84(91)78-103-109(98,99)105-82-86(80-101-88(93)74-69-64-61-56-57-62-67-72-83(4)5)107-90(95)75-70-65-59-54-51-48-44-29-26-23-20-17-14-11-8-3/h83-86,91H,6-82H2,1-5H3,(H,96,97)(H,98,99)/t84-,85-,86-/m1/s1. The lowest BCUT2D eigenvalue weighted by Gasteiger charge is -2.21. The average Bonchev–Trinajstić information content (AvgIpc) is 0.900. The molecule has 0 radical (unpaired) electrons. The van der Waals surface area contributed by atoms with Crippen LogP contribution in [0, 0.1) is 5.92 Å². The maximum absolute atomic E-state index is 13.2. The van der Waals surface area contributed by atoms with Crippen LogP contribution in [-0.2, 0) is 65.4 Å². The molecular formula is C90H176O17P2. The van der Waals surface area contributed by atoms with Crippen LogP contribution in [0.5, 0.6) is 0 Å². The Bertz CT molecular complexity index is 2070. The first-order valence-electron chi connectivity index (χ1n) is 46.6. The summed E-state index contributed by atoms with van der Waals surface area (Å²) >= 11 is 0. The summed E-state index contributed by atoms with van der Waals surface area (Å²) in [5.41, 5.74) is 0. The van der Waals surface area contributed by atoms with Crippen LogP contribution in [-0.4, -0.2) is 96.7 Å². The third-order valence-electron chi connectivity index (χ3n) is 21.3. The normalized spacial score (nSPS) is 13.7. The number of aliphatic hydroxyl groups excluding tert-OH is 1. The third-order valence-corrected chi connectivity index (χ3v) is 23.2. The second-order valence-corrected chi connectivity index (χ2v) is 35.7. The van der Waals surface area contributed by atoms with E-state index in [0.717, 1.165) is 96.3 Å². The van der Waals surface area contributed by atoms with Crippen LogP contribution in [0.1, 0.15) is 490 Å². The highest BCUT2D eigenvalue weighted by Gasteiger charge is 2.31. The van der Waals surface area contributed by atoms with Crippen molar-refractivity contribution < 1.29 is 80.2 Å². The summed E-state index contributed by atoms with van der Waals surface area (Å²) in [4.78, 5) is 73.3. The molecule has 0 rings (SSSR count). The largest absolute Gasteiger partial charge is 0.472 e. The number of ether oxygens (including phenoxy) is 4. The summed E-state index contributed by atoms with van der Waals surface area (Å²) < 4.78 is 69.0. The molecular weight excluding hydrogens is 1410 g/mol. The van der Waals surface area contributed by atoms with E-state index in [9.17, 15) is 43.2 Å². The van der Waals surface area contributed by atoms with E-state index in [-0.39, 0.29) is 25.7 Å². The average molecular weight is 1590 g/mol. The SMILES string of the molecule is CCCCCCCCCCCCCCCCCCCCCCCCC(=O)OC[C@H](COP(=O)(O)OC[C@@H](O)COP(=O)(O)OC[C@@H](COC(=O)CCCCCCCCCC(C)C)OC(=O)CCCCCCCCCCCCCCCCC)OC(=O)CCCCCCCCCCCCCCCCCCCCCCCC. The number of carbonyl (C=O) groups is 4. The van der Waals surface area contributed by atoms with Crippen molar-refractivity contribution in [3.63, 3.8) is 0 Å². The molecule has 19 heteroatoms. The highest BCUT2D eigenvalue weighted by Crippen LogP contribution is 2.45. The molecule has 0 heterocycles. The highest BCUT2D eigenvalue weighted by atomic mass is 31.2. The first-order chi connectivity index (χ1) is 53.0. The predicted molar refractivity (Wildman–Crippen MR) is 451 cm³/mol. The molecule has 0 spiro atoms. The van der Waals surface area contributed by atoms with Crippen molar-refractivity contribution >= 4 is 39.5 Å². The van der Waals surface area contributed by atoms with Crippen molar-refractivity contribution in [3.05, 3.63) is 0 Å². The molecule has 0 aliphatic heterocycles. The number of unbranched alkanes of at least 4 members (excludes halogenated alkanes) is 62. The summed E-state index contributed by atoms with van der Waals surface area (Å²) in [6.45, 7) is 7.32. The van der Waals surface area contributed by atoms with Crippen LogP contribution in [0.25, 0.3) is 0 Å². The fourth-order valence-electron chi connectivity index (χ4n) is 14.2. The number of hydrogen-bond donors (Lipinski definition) is 3. The van der Waals surface area contributed by atoms with Gasteiger partial charge in [-0.25, -0.2) is 9.13 Å². The second-order valence-electron chi connectivity index (χ2n) is 32.8. The molecule has 0 aliphatic carbocycles. The molecule has 0 aromatic heterocycles. The Labute approximate surface area is 670 Å². The lowest BCUT2D eigenvalue weighted by atomic mass is 10.0. The molecule has 0 saturated heterocycles. The molecule has 0 aromatic rings. The molecule has 109 heavy (non-hydrogen) atoms. The Balaban J connectivity index is 5.20. The van der Waals surface area contributed by atoms with Gasteiger partial charge in [-0.05, 0) is 31.6 Å². The van der Waals surface area contributed by atoms with Crippen LogP contribution >= 0.6 is 15.6 Å². The zero-order valence-corrected chi connectivity index (χ0v) is 73.5. The van der Waals surface area contributed by atoms with Gasteiger partial charge in [-0.3, -0.25) is 37.3 Å². The molecule has 17 nitrogen and oxygen atoms in total. The highest BCUT2D eigenvalue weighted by molar-refractivity contribution is 7.47. The maximum Gasteiger partial charge on any atom is 0.472 e. The fourth-order valence-corrected chi connectivity index (χ4v) is 15.8. The molecule has 5 atom stereocenters. The molecule has 0 bridgehead atoms. The molecule has 0 aromatic carbocycles. The molecule has 648 valence electrons. The van der Waals surface area contributed by atoms with E-state index in [2.05, 4.69) is 34.6 Å². The van der Waals surface area contributed by atoms with Crippen molar-refractivity contribution in [3.8, 4) is 0 Å². The van der Waals surface area contributed by atoms with Gasteiger partial charge >= 0.3 is 39.5 Å². The molecule has 0 fully saturated rings. The van der Waals surface area contributed by atoms with Crippen molar-refractivity contribution in [1.82, 2.24) is 0 Å². The maximum atomic E-state index is 13.2. The Morgan fingerprint density at radius 2 is 0.422 bits per heavy atom. The van der Waals surface area contributed by atoms with Gasteiger partial charge in [0, 0.05) is 25.7 Å². The van der Waals surface area contributed by atoms with E-state index >= 15 is 0 Å². The number of rotatable bonds is 90. The minimum Gasteiger partial charge on any atom is -0.462 e.